The molecule has 0 saturated heterocycles. The van der Waals surface area contributed by atoms with Crippen molar-refractivity contribution in [3.05, 3.63) is 35.7 Å². The maximum atomic E-state index is 4.43. The Bertz CT molecular complexity index is 440. The zero-order valence-corrected chi connectivity index (χ0v) is 8.87. The van der Waals surface area contributed by atoms with E-state index in [1.165, 1.54) is 5.56 Å². The predicted octanol–water partition coefficient (Wildman–Crippen LogP) is 2.83. The van der Waals surface area contributed by atoms with Crippen molar-refractivity contribution in [2.24, 2.45) is 0 Å². The van der Waals surface area contributed by atoms with Crippen LogP contribution in [0.4, 0.5) is 0 Å². The second-order valence-electron chi connectivity index (χ2n) is 2.99. The monoisotopic (exact) mass is 236 g/mol. The average molecular weight is 237 g/mol. The Labute approximate surface area is 85.1 Å². The summed E-state index contributed by atoms with van der Waals surface area (Å²) in [6.07, 6.45) is 1.80. The van der Waals surface area contributed by atoms with Crippen LogP contribution in [0.3, 0.4) is 0 Å². The van der Waals surface area contributed by atoms with Crippen LogP contribution in [0.5, 0.6) is 0 Å². The molecule has 0 amide bonds. The van der Waals surface area contributed by atoms with E-state index in [9.17, 15) is 0 Å². The fourth-order valence-corrected chi connectivity index (χ4v) is 1.49. The predicted molar refractivity (Wildman–Crippen MR) is 56.9 cm³/mol. The molecule has 66 valence electrons. The summed E-state index contributed by atoms with van der Waals surface area (Å²) in [5.41, 5.74) is 4.11. The van der Waals surface area contributed by atoms with Gasteiger partial charge in [0.2, 0.25) is 0 Å². The number of aromatic nitrogens is 2. The molecule has 0 fully saturated rings. The molecule has 1 aromatic heterocycles. The topological polar surface area (TPSA) is 25.8 Å². The lowest BCUT2D eigenvalue weighted by atomic mass is 10.2. The average Bonchev–Trinajstić information content (AvgIpc) is 2.17. The smallest absolute Gasteiger partial charge is 0.0890 e. The zero-order valence-electron chi connectivity index (χ0n) is 7.29. The summed E-state index contributed by atoms with van der Waals surface area (Å²) < 4.78 is 0. The summed E-state index contributed by atoms with van der Waals surface area (Å²) in [6.45, 7) is 2.06. The summed E-state index contributed by atoms with van der Waals surface area (Å²) in [4.78, 5) is 8.75. The molecule has 1 aromatic carbocycles. The van der Waals surface area contributed by atoms with Gasteiger partial charge in [0.15, 0.2) is 0 Å². The number of halogens is 1. The normalized spacial score (nSPS) is 10.6. The molecule has 0 aliphatic heterocycles. The molecule has 0 spiro atoms. The SMILES string of the molecule is Cc1ccc2nc(CBr)cnc2c1. The first-order valence-corrected chi connectivity index (χ1v) is 5.20. The number of alkyl halides is 1. The van der Waals surface area contributed by atoms with Gasteiger partial charge in [-0.3, -0.25) is 4.98 Å². The molecule has 0 aliphatic rings. The van der Waals surface area contributed by atoms with Gasteiger partial charge in [0.05, 0.1) is 16.7 Å². The molecule has 3 heteroatoms. The van der Waals surface area contributed by atoms with Crippen molar-refractivity contribution in [3.63, 3.8) is 0 Å². The number of aryl methyl sites for hydroxylation is 1. The molecule has 0 saturated carbocycles. The highest BCUT2D eigenvalue weighted by atomic mass is 79.9. The molecule has 0 aliphatic carbocycles. The highest BCUT2D eigenvalue weighted by Gasteiger charge is 1.98. The Morgan fingerprint density at radius 3 is 2.92 bits per heavy atom. The first kappa shape index (κ1) is 8.63. The van der Waals surface area contributed by atoms with Gasteiger partial charge in [-0.1, -0.05) is 22.0 Å². The van der Waals surface area contributed by atoms with Crippen molar-refractivity contribution in [3.8, 4) is 0 Å². The summed E-state index contributed by atoms with van der Waals surface area (Å²) >= 11 is 3.36. The number of benzene rings is 1. The van der Waals surface area contributed by atoms with Crippen LogP contribution in [-0.2, 0) is 5.33 Å². The first-order chi connectivity index (χ1) is 6.29. The van der Waals surface area contributed by atoms with E-state index in [2.05, 4.69) is 38.9 Å². The lowest BCUT2D eigenvalue weighted by Crippen LogP contribution is -1.89. The molecule has 2 aromatic rings. The number of fused-ring (bicyclic) bond motifs is 1. The molecular formula is C10H9BrN2. The molecule has 0 N–H and O–H groups in total. The molecule has 0 radical (unpaired) electrons. The minimum atomic E-state index is 0.754. The van der Waals surface area contributed by atoms with E-state index in [1.807, 2.05) is 12.1 Å². The molecule has 13 heavy (non-hydrogen) atoms. The van der Waals surface area contributed by atoms with Crippen LogP contribution >= 0.6 is 15.9 Å². The largest absolute Gasteiger partial charge is 0.253 e. The van der Waals surface area contributed by atoms with E-state index in [0.717, 1.165) is 22.1 Å². The van der Waals surface area contributed by atoms with Crippen LogP contribution in [0.2, 0.25) is 0 Å². The van der Waals surface area contributed by atoms with E-state index in [0.29, 0.717) is 0 Å². The molecule has 2 rings (SSSR count). The number of nitrogens with zero attached hydrogens (tertiary/aromatic N) is 2. The maximum Gasteiger partial charge on any atom is 0.0890 e. The van der Waals surface area contributed by atoms with Crippen LogP contribution in [0.1, 0.15) is 11.3 Å². The second-order valence-corrected chi connectivity index (χ2v) is 3.55. The van der Waals surface area contributed by atoms with E-state index >= 15 is 0 Å². The number of hydrogen-bond acceptors (Lipinski definition) is 2. The second kappa shape index (κ2) is 3.42. The van der Waals surface area contributed by atoms with Gasteiger partial charge >= 0.3 is 0 Å². The van der Waals surface area contributed by atoms with Crippen molar-refractivity contribution in [1.29, 1.82) is 0 Å². The molecule has 0 bridgehead atoms. The van der Waals surface area contributed by atoms with Gasteiger partial charge in [0, 0.05) is 11.5 Å². The van der Waals surface area contributed by atoms with Gasteiger partial charge in [-0.15, -0.1) is 0 Å². The van der Waals surface area contributed by atoms with Gasteiger partial charge < -0.3 is 0 Å². The standard InChI is InChI=1S/C10H9BrN2/c1-7-2-3-9-10(4-7)12-6-8(5-11)13-9/h2-4,6H,5H2,1H3. The summed E-state index contributed by atoms with van der Waals surface area (Å²) in [6, 6.07) is 6.10. The fourth-order valence-electron chi connectivity index (χ4n) is 1.22. The molecule has 0 atom stereocenters. The van der Waals surface area contributed by atoms with E-state index < -0.39 is 0 Å². The number of rotatable bonds is 1. The molecular weight excluding hydrogens is 228 g/mol. The Morgan fingerprint density at radius 2 is 2.15 bits per heavy atom. The summed E-state index contributed by atoms with van der Waals surface area (Å²) in [7, 11) is 0. The highest BCUT2D eigenvalue weighted by molar-refractivity contribution is 9.08. The molecule has 2 nitrogen and oxygen atoms in total. The van der Waals surface area contributed by atoms with Crippen LogP contribution in [0.15, 0.2) is 24.4 Å². The lowest BCUT2D eigenvalue weighted by molar-refractivity contribution is 1.17. The van der Waals surface area contributed by atoms with E-state index in [-0.39, 0.29) is 0 Å². The third kappa shape index (κ3) is 1.70. The molecule has 0 unspecified atom stereocenters. The van der Waals surface area contributed by atoms with Gasteiger partial charge in [-0.2, -0.15) is 0 Å². The lowest BCUT2D eigenvalue weighted by Gasteiger charge is -1.99. The minimum Gasteiger partial charge on any atom is -0.253 e. The van der Waals surface area contributed by atoms with Crippen molar-refractivity contribution in [2.75, 3.05) is 0 Å². The Kier molecular flexibility index (Phi) is 2.27. The number of hydrogen-bond donors (Lipinski definition) is 0. The van der Waals surface area contributed by atoms with Crippen molar-refractivity contribution in [1.82, 2.24) is 9.97 Å². The quantitative estimate of drug-likeness (QED) is 0.712. The van der Waals surface area contributed by atoms with Crippen molar-refractivity contribution in [2.45, 2.75) is 12.3 Å². The fraction of sp³-hybridized carbons (Fsp3) is 0.200. The highest BCUT2D eigenvalue weighted by Crippen LogP contribution is 2.12. The van der Waals surface area contributed by atoms with Gasteiger partial charge in [-0.05, 0) is 24.6 Å². The van der Waals surface area contributed by atoms with E-state index in [4.69, 9.17) is 0 Å². The first-order valence-electron chi connectivity index (χ1n) is 4.08. The third-order valence-electron chi connectivity index (χ3n) is 1.88. The van der Waals surface area contributed by atoms with Crippen LogP contribution in [-0.4, -0.2) is 9.97 Å². The Morgan fingerprint density at radius 1 is 1.31 bits per heavy atom. The zero-order chi connectivity index (χ0) is 9.26. The van der Waals surface area contributed by atoms with Crippen LogP contribution < -0.4 is 0 Å². The Hall–Kier alpha value is -0.960. The van der Waals surface area contributed by atoms with E-state index in [1.54, 1.807) is 6.20 Å². The van der Waals surface area contributed by atoms with Crippen LogP contribution in [0.25, 0.3) is 11.0 Å². The van der Waals surface area contributed by atoms with Gasteiger partial charge in [0.1, 0.15) is 0 Å². The Balaban J connectivity index is 2.66. The van der Waals surface area contributed by atoms with Gasteiger partial charge in [-0.25, -0.2) is 4.98 Å². The maximum absolute atomic E-state index is 4.43. The minimum absolute atomic E-state index is 0.754. The molecule has 1 heterocycles. The summed E-state index contributed by atoms with van der Waals surface area (Å²) in [5.74, 6) is 0. The summed E-state index contributed by atoms with van der Waals surface area (Å²) in [5, 5.41) is 0.754. The third-order valence-corrected chi connectivity index (χ3v) is 2.46. The van der Waals surface area contributed by atoms with Crippen LogP contribution in [0, 0.1) is 6.92 Å². The van der Waals surface area contributed by atoms with Gasteiger partial charge in [0.25, 0.3) is 0 Å². The van der Waals surface area contributed by atoms with Crippen molar-refractivity contribution >= 4 is 27.0 Å². The van der Waals surface area contributed by atoms with Crippen molar-refractivity contribution < 1.29 is 0 Å².